The summed E-state index contributed by atoms with van der Waals surface area (Å²) in [5.41, 5.74) is 8.18. The van der Waals surface area contributed by atoms with Crippen LogP contribution in [0.2, 0.25) is 0 Å². The molecule has 3 rings (SSSR count). The number of aryl methyl sites for hydroxylation is 1. The van der Waals surface area contributed by atoms with Crippen LogP contribution in [0.15, 0.2) is 60.7 Å². The van der Waals surface area contributed by atoms with Crippen molar-refractivity contribution in [1.82, 2.24) is 0 Å². The molecule has 2 heteroatoms. The van der Waals surface area contributed by atoms with Gasteiger partial charge in [-0.25, -0.2) is 0 Å². The smallest absolute Gasteiger partial charge is 0.135 e. The van der Waals surface area contributed by atoms with Gasteiger partial charge >= 0.3 is 0 Å². The van der Waals surface area contributed by atoms with Crippen LogP contribution in [-0.2, 0) is 13.0 Å². The first-order valence-corrected chi connectivity index (χ1v) is 7.30. The quantitative estimate of drug-likeness (QED) is 0.753. The van der Waals surface area contributed by atoms with Crippen molar-refractivity contribution >= 4 is 10.8 Å². The molecule has 0 aromatic heterocycles. The molecule has 0 aliphatic rings. The standard InChI is InChI=1S/C19H19NO/c1-2-14-7-3-6-10-18(14)21-19-12-11-15(13-20)16-8-4-5-9-17(16)19/h3-12H,2,13,20H2,1H3. The molecule has 0 aliphatic heterocycles. The first-order chi connectivity index (χ1) is 10.3. The van der Waals surface area contributed by atoms with E-state index < -0.39 is 0 Å². The Labute approximate surface area is 125 Å². The number of hydrogen-bond donors (Lipinski definition) is 1. The Morgan fingerprint density at radius 1 is 0.762 bits per heavy atom. The minimum Gasteiger partial charge on any atom is -0.456 e. The van der Waals surface area contributed by atoms with Crippen molar-refractivity contribution in [3.8, 4) is 11.5 Å². The molecule has 106 valence electrons. The molecule has 2 nitrogen and oxygen atoms in total. The number of nitrogens with two attached hydrogens (primary N) is 1. The van der Waals surface area contributed by atoms with Gasteiger partial charge in [-0.15, -0.1) is 0 Å². The molecule has 0 saturated heterocycles. The predicted octanol–water partition coefficient (Wildman–Crippen LogP) is 4.65. The van der Waals surface area contributed by atoms with Crippen LogP contribution >= 0.6 is 0 Å². The monoisotopic (exact) mass is 277 g/mol. The molecule has 0 unspecified atom stereocenters. The van der Waals surface area contributed by atoms with Gasteiger partial charge < -0.3 is 10.5 Å². The van der Waals surface area contributed by atoms with E-state index in [1.165, 1.54) is 5.56 Å². The predicted molar refractivity (Wildman–Crippen MR) is 87.7 cm³/mol. The van der Waals surface area contributed by atoms with Gasteiger partial charge in [-0.2, -0.15) is 0 Å². The summed E-state index contributed by atoms with van der Waals surface area (Å²) in [6.07, 6.45) is 0.953. The van der Waals surface area contributed by atoms with E-state index in [0.717, 1.165) is 34.3 Å². The van der Waals surface area contributed by atoms with Gasteiger partial charge in [0.05, 0.1) is 0 Å². The molecule has 0 heterocycles. The molecule has 0 radical (unpaired) electrons. The Morgan fingerprint density at radius 3 is 2.24 bits per heavy atom. The van der Waals surface area contributed by atoms with Crippen LogP contribution in [0.4, 0.5) is 0 Å². The summed E-state index contributed by atoms with van der Waals surface area (Å²) in [6.45, 7) is 2.67. The first-order valence-electron chi connectivity index (χ1n) is 7.30. The summed E-state index contributed by atoms with van der Waals surface area (Å²) in [6, 6.07) is 20.5. The van der Waals surface area contributed by atoms with Gasteiger partial charge in [0.2, 0.25) is 0 Å². The molecular formula is C19H19NO. The molecule has 2 N–H and O–H groups in total. The topological polar surface area (TPSA) is 35.2 Å². The normalized spacial score (nSPS) is 10.8. The van der Waals surface area contributed by atoms with Crippen LogP contribution in [-0.4, -0.2) is 0 Å². The number of ether oxygens (including phenoxy) is 1. The molecular weight excluding hydrogens is 258 g/mol. The molecule has 0 aliphatic carbocycles. The zero-order chi connectivity index (χ0) is 14.7. The highest BCUT2D eigenvalue weighted by Gasteiger charge is 2.08. The number of rotatable bonds is 4. The van der Waals surface area contributed by atoms with Crippen molar-refractivity contribution in [1.29, 1.82) is 0 Å². The van der Waals surface area contributed by atoms with E-state index in [-0.39, 0.29) is 0 Å². The second-order valence-corrected chi connectivity index (χ2v) is 5.04. The van der Waals surface area contributed by atoms with E-state index in [0.29, 0.717) is 6.54 Å². The van der Waals surface area contributed by atoms with Crippen molar-refractivity contribution < 1.29 is 4.74 Å². The highest BCUT2D eigenvalue weighted by Crippen LogP contribution is 2.33. The Hall–Kier alpha value is -2.32. The Kier molecular flexibility index (Phi) is 3.89. The second kappa shape index (κ2) is 5.98. The van der Waals surface area contributed by atoms with Crippen LogP contribution in [0.5, 0.6) is 11.5 Å². The maximum atomic E-state index is 6.17. The fraction of sp³-hybridized carbons (Fsp3) is 0.158. The van der Waals surface area contributed by atoms with E-state index >= 15 is 0 Å². The summed E-state index contributed by atoms with van der Waals surface area (Å²) in [5.74, 6) is 1.80. The fourth-order valence-corrected chi connectivity index (χ4v) is 2.61. The molecule has 0 fully saturated rings. The van der Waals surface area contributed by atoms with Crippen LogP contribution < -0.4 is 10.5 Å². The molecule has 0 atom stereocenters. The number of para-hydroxylation sites is 1. The summed E-state index contributed by atoms with van der Waals surface area (Å²) in [4.78, 5) is 0. The zero-order valence-corrected chi connectivity index (χ0v) is 12.2. The third kappa shape index (κ3) is 2.63. The number of fused-ring (bicyclic) bond motifs is 1. The highest BCUT2D eigenvalue weighted by molar-refractivity contribution is 5.91. The van der Waals surface area contributed by atoms with Gasteiger partial charge in [-0.05, 0) is 35.1 Å². The Balaban J connectivity index is 2.09. The molecule has 3 aromatic rings. The first kappa shape index (κ1) is 13.7. The SMILES string of the molecule is CCc1ccccc1Oc1ccc(CN)c2ccccc12. The minimum absolute atomic E-state index is 0.534. The maximum absolute atomic E-state index is 6.17. The van der Waals surface area contributed by atoms with Crippen molar-refractivity contribution in [2.75, 3.05) is 0 Å². The second-order valence-electron chi connectivity index (χ2n) is 5.04. The Bertz CT molecular complexity index is 764. The maximum Gasteiger partial charge on any atom is 0.135 e. The molecule has 0 saturated carbocycles. The highest BCUT2D eigenvalue weighted by atomic mass is 16.5. The van der Waals surface area contributed by atoms with Crippen LogP contribution in [0, 0.1) is 0 Å². The lowest BCUT2D eigenvalue weighted by Gasteiger charge is -2.13. The van der Waals surface area contributed by atoms with Crippen LogP contribution in [0.3, 0.4) is 0 Å². The average Bonchev–Trinajstić information content (AvgIpc) is 2.55. The van der Waals surface area contributed by atoms with Gasteiger partial charge in [0.25, 0.3) is 0 Å². The van der Waals surface area contributed by atoms with Gasteiger partial charge in [0.15, 0.2) is 0 Å². The lowest BCUT2D eigenvalue weighted by atomic mass is 10.0. The molecule has 0 bridgehead atoms. The van der Waals surface area contributed by atoms with E-state index in [9.17, 15) is 0 Å². The van der Waals surface area contributed by atoms with Gasteiger partial charge in [0.1, 0.15) is 11.5 Å². The summed E-state index contributed by atoms with van der Waals surface area (Å²) in [7, 11) is 0. The van der Waals surface area contributed by atoms with Crippen molar-refractivity contribution in [2.45, 2.75) is 19.9 Å². The van der Waals surface area contributed by atoms with E-state index in [2.05, 4.69) is 25.1 Å². The fourth-order valence-electron chi connectivity index (χ4n) is 2.61. The van der Waals surface area contributed by atoms with Crippen LogP contribution in [0.1, 0.15) is 18.1 Å². The minimum atomic E-state index is 0.534. The summed E-state index contributed by atoms with van der Waals surface area (Å²) in [5, 5.41) is 2.26. The largest absolute Gasteiger partial charge is 0.456 e. The van der Waals surface area contributed by atoms with Crippen molar-refractivity contribution in [2.24, 2.45) is 5.73 Å². The van der Waals surface area contributed by atoms with Gasteiger partial charge in [-0.1, -0.05) is 55.5 Å². The lowest BCUT2D eigenvalue weighted by molar-refractivity contribution is 0.482. The Morgan fingerprint density at radius 2 is 1.48 bits per heavy atom. The lowest BCUT2D eigenvalue weighted by Crippen LogP contribution is -1.98. The third-order valence-electron chi connectivity index (χ3n) is 3.77. The number of hydrogen-bond acceptors (Lipinski definition) is 2. The molecule has 21 heavy (non-hydrogen) atoms. The van der Waals surface area contributed by atoms with Crippen molar-refractivity contribution in [3.05, 3.63) is 71.8 Å². The van der Waals surface area contributed by atoms with Crippen molar-refractivity contribution in [3.63, 3.8) is 0 Å². The molecule has 0 spiro atoms. The van der Waals surface area contributed by atoms with E-state index in [1.54, 1.807) is 0 Å². The average molecular weight is 277 g/mol. The summed E-state index contributed by atoms with van der Waals surface area (Å²) >= 11 is 0. The van der Waals surface area contributed by atoms with E-state index in [1.807, 2.05) is 42.5 Å². The molecule has 3 aromatic carbocycles. The van der Waals surface area contributed by atoms with Gasteiger partial charge in [-0.3, -0.25) is 0 Å². The summed E-state index contributed by atoms with van der Waals surface area (Å²) < 4.78 is 6.17. The third-order valence-corrected chi connectivity index (χ3v) is 3.77. The van der Waals surface area contributed by atoms with Gasteiger partial charge in [0, 0.05) is 11.9 Å². The number of benzene rings is 3. The zero-order valence-electron chi connectivity index (χ0n) is 12.2. The molecule has 0 amide bonds. The van der Waals surface area contributed by atoms with E-state index in [4.69, 9.17) is 10.5 Å². The van der Waals surface area contributed by atoms with Crippen LogP contribution in [0.25, 0.3) is 10.8 Å².